The summed E-state index contributed by atoms with van der Waals surface area (Å²) >= 11 is 0. The number of pyridine rings is 1. The van der Waals surface area contributed by atoms with Crippen molar-refractivity contribution in [2.45, 2.75) is 211 Å². The van der Waals surface area contributed by atoms with Crippen molar-refractivity contribution in [3.05, 3.63) is 139 Å². The van der Waals surface area contributed by atoms with Gasteiger partial charge in [-0.2, -0.15) is 53.5 Å². The fourth-order valence-electron chi connectivity index (χ4n) is 20.3. The first-order valence-corrected chi connectivity index (χ1v) is 50.0. The Morgan fingerprint density at radius 2 is 0.634 bits per heavy atom. The SMILES string of the molecule is CC(C)C1=NN(C)c2cc3cnc(Nc4ccc(S(N)(=O)=O)c(F)c4)nc3n2C12CCCCC2.CC(C)C1=NN(C)c2cc3cnc(Nc4ccc(S(N)(=O)=O)nc4)nc3n2C12CCCCC2.CC1=NN(C)c2cc3cnc(Nc4ccc(S(N)(=O)=O)c(F)c4)nc3n2C12CCCCC2.CN1N=C(C(F)(F)F)C2(CCCCC2)n2c1cc1cnc(Nc3ccc(S(N)(=O)=O)c(F)c3)nc12. The molecule has 12 N–H and O–H groups in total. The van der Waals surface area contributed by atoms with Crippen LogP contribution in [0.15, 0.2) is 162 Å². The molecule has 20 rings (SSSR count). The van der Waals surface area contributed by atoms with Crippen molar-refractivity contribution in [2.24, 2.45) is 52.8 Å². The zero-order valence-electron chi connectivity index (χ0n) is 74.7. The van der Waals surface area contributed by atoms with Crippen LogP contribution in [0, 0.1) is 29.3 Å². The molecule has 4 aliphatic carbocycles. The van der Waals surface area contributed by atoms with Crippen molar-refractivity contribution >= 4 is 177 Å². The van der Waals surface area contributed by atoms with Crippen molar-refractivity contribution < 1.29 is 60.0 Å². The number of primary sulfonamides is 4. The second-order valence-corrected chi connectivity index (χ2v) is 41.7. The number of nitrogens with one attached hydrogen (secondary N) is 4. The molecule has 3 aromatic carbocycles. The molecule has 9 aromatic heterocycles. The number of hydrogen-bond donors (Lipinski definition) is 8. The van der Waals surface area contributed by atoms with Crippen molar-refractivity contribution in [2.75, 3.05) is 69.5 Å². The fraction of sp³-hybridized carbons (Fsp3) is 0.414. The first-order valence-electron chi connectivity index (χ1n) is 43.8. The molecule has 708 valence electrons. The quantitative estimate of drug-likeness (QED) is 0.0469. The molecule has 4 spiro atoms. The van der Waals surface area contributed by atoms with Gasteiger partial charge >= 0.3 is 6.18 Å². The van der Waals surface area contributed by atoms with Crippen molar-refractivity contribution in [3.8, 4) is 0 Å². The number of halogens is 6. The third-order valence-corrected chi connectivity index (χ3v) is 29.8. The molecule has 4 aliphatic heterocycles. The van der Waals surface area contributed by atoms with Crippen LogP contribution in [0.4, 0.5) is 96.2 Å². The topological polar surface area (TPSA) is 487 Å². The van der Waals surface area contributed by atoms with Crippen LogP contribution >= 0.6 is 0 Å². The largest absolute Gasteiger partial charge is 0.433 e. The van der Waals surface area contributed by atoms with E-state index in [4.69, 9.17) is 50.8 Å². The second-order valence-electron chi connectivity index (χ2n) is 35.6. The Morgan fingerprint density at radius 1 is 0.351 bits per heavy atom. The van der Waals surface area contributed by atoms with E-state index in [9.17, 15) is 60.0 Å². The molecule has 4 fully saturated rings. The first kappa shape index (κ1) is 93.4. The average molecular weight is 1920 g/mol. The van der Waals surface area contributed by atoms with Gasteiger partial charge in [-0.1, -0.05) is 105 Å². The van der Waals surface area contributed by atoms with E-state index in [1.807, 2.05) is 48.4 Å². The molecule has 37 nitrogen and oxygen atoms in total. The van der Waals surface area contributed by atoms with E-state index in [1.165, 1.54) is 73.7 Å². The van der Waals surface area contributed by atoms with Crippen LogP contribution in [0.5, 0.6) is 0 Å². The van der Waals surface area contributed by atoms with Crippen LogP contribution in [0.3, 0.4) is 0 Å². The van der Waals surface area contributed by atoms with Crippen LogP contribution in [0.2, 0.25) is 0 Å². The van der Waals surface area contributed by atoms with Crippen LogP contribution < -0.4 is 61.9 Å². The van der Waals surface area contributed by atoms with Crippen LogP contribution in [-0.2, 0) is 62.2 Å². The summed E-state index contributed by atoms with van der Waals surface area (Å²) in [5.41, 5.74) is 4.62. The Hall–Kier alpha value is -12.4. The van der Waals surface area contributed by atoms with Gasteiger partial charge in [0.1, 0.15) is 78.0 Å². The number of nitrogens with zero attached hydrogens (tertiary/aromatic N) is 21. The molecule has 0 bridgehead atoms. The minimum Gasteiger partial charge on any atom is -0.324 e. The van der Waals surface area contributed by atoms with Gasteiger partial charge in [0.2, 0.25) is 53.9 Å². The van der Waals surface area contributed by atoms with E-state index in [1.54, 1.807) is 29.1 Å². The normalized spacial score (nSPS) is 17.9. The monoisotopic (exact) mass is 1920 g/mol. The maximum absolute atomic E-state index is 14.3. The second kappa shape index (κ2) is 35.1. The number of anilines is 12. The number of fused-ring (bicyclic) bond motifs is 16. The maximum Gasteiger partial charge on any atom is 0.433 e. The first-order chi connectivity index (χ1) is 63.4. The van der Waals surface area contributed by atoms with E-state index >= 15 is 0 Å². The molecule has 8 aliphatic rings. The Bertz CT molecular complexity index is 7280. The number of alkyl halides is 3. The van der Waals surface area contributed by atoms with Gasteiger partial charge in [-0.15, -0.1) is 0 Å². The minimum absolute atomic E-state index is 0.00541. The Labute approximate surface area is 768 Å². The summed E-state index contributed by atoms with van der Waals surface area (Å²) in [6.45, 7) is 10.9. The molecule has 47 heteroatoms. The van der Waals surface area contributed by atoms with E-state index in [-0.39, 0.29) is 63.6 Å². The van der Waals surface area contributed by atoms with Gasteiger partial charge in [-0.3, -0.25) is 38.3 Å². The molecular weight excluding hydrogens is 1820 g/mol. The molecular formula is C87H101F6N29O8S4. The van der Waals surface area contributed by atoms with Gasteiger partial charge in [-0.25, -0.2) is 92.3 Å². The lowest BCUT2D eigenvalue weighted by Crippen LogP contribution is -2.54. The van der Waals surface area contributed by atoms with Gasteiger partial charge < -0.3 is 21.3 Å². The average Bonchev–Trinajstić information content (AvgIpc) is 1.58. The lowest BCUT2D eigenvalue weighted by molar-refractivity contribution is -0.0685. The summed E-state index contributed by atoms with van der Waals surface area (Å²) < 4.78 is 186. The lowest BCUT2D eigenvalue weighted by atomic mass is 9.74. The summed E-state index contributed by atoms with van der Waals surface area (Å²) in [4.78, 5) is 38.5. The lowest BCUT2D eigenvalue weighted by Gasteiger charge is -2.46. The summed E-state index contributed by atoms with van der Waals surface area (Å²) in [5.74, 6) is 2.07. The van der Waals surface area contributed by atoms with E-state index in [0.29, 0.717) is 58.9 Å². The van der Waals surface area contributed by atoms with Gasteiger partial charge in [0, 0.05) is 91.6 Å². The highest BCUT2D eigenvalue weighted by molar-refractivity contribution is 7.90. The van der Waals surface area contributed by atoms with Gasteiger partial charge in [-0.05, 0) is 161 Å². The smallest absolute Gasteiger partial charge is 0.324 e. The number of aromatic nitrogens is 13. The van der Waals surface area contributed by atoms with Gasteiger partial charge in [0.25, 0.3) is 10.0 Å². The molecule has 0 amide bonds. The summed E-state index contributed by atoms with van der Waals surface area (Å²) in [6.07, 6.45) is 22.7. The van der Waals surface area contributed by atoms with E-state index in [0.717, 1.165) is 182 Å². The number of rotatable bonds is 14. The molecule has 0 saturated heterocycles. The molecule has 0 radical (unpaired) electrons. The Balaban J connectivity index is 0.000000124. The van der Waals surface area contributed by atoms with Crippen LogP contribution in [-0.4, -0.2) is 154 Å². The molecule has 0 atom stereocenters. The van der Waals surface area contributed by atoms with E-state index < -0.39 is 89.7 Å². The molecule has 0 unspecified atom stereocenters. The van der Waals surface area contributed by atoms with Gasteiger partial charge in [0.15, 0.2) is 10.7 Å². The third-order valence-electron chi connectivity index (χ3n) is 26.1. The van der Waals surface area contributed by atoms with Crippen molar-refractivity contribution in [1.29, 1.82) is 0 Å². The van der Waals surface area contributed by atoms with Crippen LogP contribution in [0.1, 0.15) is 163 Å². The molecule has 4 saturated carbocycles. The third kappa shape index (κ3) is 17.4. The predicted molar refractivity (Wildman–Crippen MR) is 501 cm³/mol. The summed E-state index contributed by atoms with van der Waals surface area (Å²) in [7, 11) is -9.06. The number of sulfonamides is 4. The molecule has 12 aromatic rings. The van der Waals surface area contributed by atoms with Crippen molar-refractivity contribution in [1.82, 2.24) is 63.1 Å². The zero-order chi connectivity index (χ0) is 95.5. The molecule has 13 heterocycles. The van der Waals surface area contributed by atoms with E-state index in [2.05, 4.69) is 117 Å². The fourth-order valence-corrected chi connectivity index (χ4v) is 22.5. The Morgan fingerprint density at radius 3 is 0.925 bits per heavy atom. The number of hydrazone groups is 4. The highest BCUT2D eigenvalue weighted by atomic mass is 32.2. The molecule has 134 heavy (non-hydrogen) atoms. The highest BCUT2D eigenvalue weighted by Gasteiger charge is 2.56. The standard InChI is InChI=1S/C23H28FN7O2S.C22H28N8O2S.C21H21F4N7O2S.C21H24FN7O2S/c1-14(2)20-23(9-5-4-6-10-23)31-19(30(3)29-20)11-15-13-26-22(28-21(15)31)27-16-7-8-18(17(24)12-16)34(25,32)33;1-14(2)19-22(9-5-4-6-10-22)30-18(29(3)28-19)11-15-12-25-21(27-20(15)30)26-16-7-8-17(24-13-16)33(23,31)32;1-31-16-9-12-11-27-19(28-13-5-6-15(14(22)10-13)35(26,33)34)29-17(12)32(16)20(7-3-2-4-8-20)18(30-31)21(23,24)25;1-13-21(8-4-3-5-9-21)29-18(28(2)27-13)10-14-12-24-20(26-19(14)29)25-15-6-7-17(16(22)11-15)32(23,30)31/h7-8,11-14H,4-6,9-10H2,1-3H3,(H2,25,32,33)(H,26,27,28);7-8,11-14H,4-6,9-10H2,1-3H3,(H2,23,31,32)(H,25,26,27);5-6,9-11H,2-4,7-8H2,1H3,(H2,26,33,34)(H,27,28,29);6-7,10-12H,3-5,8-9H2,1-2H3,(H2,23,30,31)(H,24,25,26). The zero-order valence-corrected chi connectivity index (χ0v) is 78.0. The number of nitrogens with two attached hydrogens (primary N) is 4. The minimum atomic E-state index is -4.63. The predicted octanol–water partition coefficient (Wildman–Crippen LogP) is 14.9. The van der Waals surface area contributed by atoms with Gasteiger partial charge in [0.05, 0.1) is 51.2 Å². The highest BCUT2D eigenvalue weighted by Crippen LogP contribution is 2.53. The summed E-state index contributed by atoms with van der Waals surface area (Å²) in [5, 5.41) is 60.8. The van der Waals surface area contributed by atoms with Crippen LogP contribution in [0.25, 0.3) is 44.1 Å². The number of hydrogen-bond acceptors (Lipinski definition) is 29. The number of benzene rings is 3. The van der Waals surface area contributed by atoms with Crippen molar-refractivity contribution in [3.63, 3.8) is 0 Å². The Kier molecular flexibility index (Phi) is 24.5. The maximum atomic E-state index is 14.3. The summed E-state index contributed by atoms with van der Waals surface area (Å²) in [6, 6.07) is 21.3.